The van der Waals surface area contributed by atoms with Gasteiger partial charge in [-0.15, -0.1) is 0 Å². The zero-order chi connectivity index (χ0) is 13.5. The molecular weight excluding hydrogens is 228 g/mol. The number of carbonyl (C=O) groups is 1. The molecule has 0 spiro atoms. The van der Waals surface area contributed by atoms with Crippen molar-refractivity contribution < 1.29 is 9.53 Å². The molecule has 2 N–H and O–H groups in total. The Morgan fingerprint density at radius 1 is 1.33 bits per heavy atom. The molecular formula is C14H22N2O2. The summed E-state index contributed by atoms with van der Waals surface area (Å²) in [5.41, 5.74) is 1.59. The summed E-state index contributed by atoms with van der Waals surface area (Å²) < 4.78 is 5.06. The fourth-order valence-corrected chi connectivity index (χ4v) is 1.67. The van der Waals surface area contributed by atoms with Gasteiger partial charge in [-0.05, 0) is 39.0 Å². The lowest BCUT2D eigenvalue weighted by Crippen LogP contribution is -2.30. The maximum absolute atomic E-state index is 11.9. The van der Waals surface area contributed by atoms with Gasteiger partial charge in [-0.25, -0.2) is 0 Å². The van der Waals surface area contributed by atoms with E-state index >= 15 is 0 Å². The molecule has 1 rings (SSSR count). The third-order valence-corrected chi connectivity index (χ3v) is 2.37. The second-order valence-corrected chi connectivity index (χ2v) is 4.71. The number of carbonyl (C=O) groups excluding carboxylic acids is 1. The number of nitrogens with one attached hydrogen (secondary N) is 2. The standard InChI is InChI=1S/C14H22N2O2/c1-10(2)15-14(17)12-6-5-7-13(8-12)16-11(3)9-18-4/h5-8,10-11,16H,9H2,1-4H3,(H,15,17). The SMILES string of the molecule is COCC(C)Nc1cccc(C(=O)NC(C)C)c1. The van der Waals surface area contributed by atoms with Crippen LogP contribution in [0.5, 0.6) is 0 Å². The summed E-state index contributed by atoms with van der Waals surface area (Å²) in [5.74, 6) is -0.0481. The molecule has 18 heavy (non-hydrogen) atoms. The van der Waals surface area contributed by atoms with E-state index in [1.165, 1.54) is 0 Å². The van der Waals surface area contributed by atoms with Crippen molar-refractivity contribution in [1.82, 2.24) is 5.32 Å². The summed E-state index contributed by atoms with van der Waals surface area (Å²) in [4.78, 5) is 11.9. The minimum Gasteiger partial charge on any atom is -0.383 e. The quantitative estimate of drug-likeness (QED) is 0.814. The van der Waals surface area contributed by atoms with Gasteiger partial charge < -0.3 is 15.4 Å². The van der Waals surface area contributed by atoms with E-state index in [4.69, 9.17) is 4.74 Å². The summed E-state index contributed by atoms with van der Waals surface area (Å²) in [6, 6.07) is 7.82. The van der Waals surface area contributed by atoms with Gasteiger partial charge in [0, 0.05) is 30.4 Å². The van der Waals surface area contributed by atoms with Gasteiger partial charge in [0.15, 0.2) is 0 Å². The number of amides is 1. The van der Waals surface area contributed by atoms with Crippen molar-refractivity contribution in [2.24, 2.45) is 0 Å². The average Bonchev–Trinajstić information content (AvgIpc) is 2.28. The van der Waals surface area contributed by atoms with Crippen LogP contribution < -0.4 is 10.6 Å². The van der Waals surface area contributed by atoms with E-state index in [9.17, 15) is 4.79 Å². The summed E-state index contributed by atoms with van der Waals surface area (Å²) in [6.45, 7) is 6.55. The van der Waals surface area contributed by atoms with Crippen molar-refractivity contribution in [3.8, 4) is 0 Å². The predicted octanol–water partition coefficient (Wildman–Crippen LogP) is 2.27. The molecule has 1 aromatic carbocycles. The van der Waals surface area contributed by atoms with Crippen LogP contribution in [0, 0.1) is 0 Å². The number of rotatable bonds is 6. The van der Waals surface area contributed by atoms with E-state index in [-0.39, 0.29) is 18.0 Å². The molecule has 100 valence electrons. The van der Waals surface area contributed by atoms with Crippen molar-refractivity contribution in [1.29, 1.82) is 0 Å². The van der Waals surface area contributed by atoms with Gasteiger partial charge in [0.25, 0.3) is 5.91 Å². The highest BCUT2D eigenvalue weighted by molar-refractivity contribution is 5.95. The molecule has 0 fully saturated rings. The van der Waals surface area contributed by atoms with Crippen LogP contribution in [0.15, 0.2) is 24.3 Å². The Morgan fingerprint density at radius 3 is 2.67 bits per heavy atom. The number of methoxy groups -OCH3 is 1. The highest BCUT2D eigenvalue weighted by Gasteiger charge is 2.08. The van der Waals surface area contributed by atoms with Gasteiger partial charge in [0.2, 0.25) is 0 Å². The minimum absolute atomic E-state index is 0.0481. The first-order valence-electron chi connectivity index (χ1n) is 6.19. The largest absolute Gasteiger partial charge is 0.383 e. The highest BCUT2D eigenvalue weighted by atomic mass is 16.5. The van der Waals surface area contributed by atoms with Crippen molar-refractivity contribution in [3.05, 3.63) is 29.8 Å². The van der Waals surface area contributed by atoms with E-state index in [2.05, 4.69) is 10.6 Å². The summed E-state index contributed by atoms with van der Waals surface area (Å²) in [6.07, 6.45) is 0. The van der Waals surface area contributed by atoms with Crippen molar-refractivity contribution in [2.45, 2.75) is 32.9 Å². The maximum Gasteiger partial charge on any atom is 0.251 e. The maximum atomic E-state index is 11.9. The Labute approximate surface area is 109 Å². The number of benzene rings is 1. The molecule has 0 bridgehead atoms. The summed E-state index contributed by atoms with van der Waals surface area (Å²) >= 11 is 0. The van der Waals surface area contributed by atoms with Crippen LogP contribution >= 0.6 is 0 Å². The molecule has 0 saturated heterocycles. The Morgan fingerprint density at radius 2 is 2.06 bits per heavy atom. The Balaban J connectivity index is 2.70. The van der Waals surface area contributed by atoms with Crippen LogP contribution in [0.3, 0.4) is 0 Å². The van der Waals surface area contributed by atoms with E-state index < -0.39 is 0 Å². The van der Waals surface area contributed by atoms with Crippen molar-refractivity contribution >= 4 is 11.6 Å². The predicted molar refractivity (Wildman–Crippen MR) is 74.0 cm³/mol. The lowest BCUT2D eigenvalue weighted by molar-refractivity contribution is 0.0943. The Kier molecular flexibility index (Phi) is 5.65. The fraction of sp³-hybridized carbons (Fsp3) is 0.500. The van der Waals surface area contributed by atoms with Crippen LogP contribution in [0.2, 0.25) is 0 Å². The minimum atomic E-state index is -0.0481. The molecule has 0 aliphatic carbocycles. The molecule has 1 amide bonds. The topological polar surface area (TPSA) is 50.4 Å². The second kappa shape index (κ2) is 7.01. The van der Waals surface area contributed by atoms with Gasteiger partial charge in [0.1, 0.15) is 0 Å². The van der Waals surface area contributed by atoms with Gasteiger partial charge in [-0.3, -0.25) is 4.79 Å². The first kappa shape index (κ1) is 14.5. The number of anilines is 1. The van der Waals surface area contributed by atoms with Crippen LogP contribution in [-0.4, -0.2) is 31.7 Å². The fourth-order valence-electron chi connectivity index (χ4n) is 1.67. The van der Waals surface area contributed by atoms with E-state index in [0.717, 1.165) is 5.69 Å². The molecule has 1 aromatic rings. The third kappa shape index (κ3) is 4.75. The zero-order valence-electron chi connectivity index (χ0n) is 11.5. The molecule has 4 nitrogen and oxygen atoms in total. The average molecular weight is 250 g/mol. The van der Waals surface area contributed by atoms with Crippen molar-refractivity contribution in [3.63, 3.8) is 0 Å². The number of hydrogen-bond donors (Lipinski definition) is 2. The van der Waals surface area contributed by atoms with E-state index in [0.29, 0.717) is 12.2 Å². The lowest BCUT2D eigenvalue weighted by Gasteiger charge is -2.15. The van der Waals surface area contributed by atoms with Crippen LogP contribution in [-0.2, 0) is 4.74 Å². The van der Waals surface area contributed by atoms with Gasteiger partial charge in [0.05, 0.1) is 6.61 Å². The van der Waals surface area contributed by atoms with E-state index in [1.807, 2.05) is 45.0 Å². The molecule has 0 aromatic heterocycles. The molecule has 0 aliphatic rings. The van der Waals surface area contributed by atoms with Gasteiger partial charge in [-0.1, -0.05) is 6.07 Å². The smallest absolute Gasteiger partial charge is 0.251 e. The summed E-state index contributed by atoms with van der Waals surface area (Å²) in [5, 5.41) is 6.16. The number of ether oxygens (including phenoxy) is 1. The van der Waals surface area contributed by atoms with E-state index in [1.54, 1.807) is 7.11 Å². The molecule has 1 unspecified atom stereocenters. The molecule has 1 atom stereocenters. The number of hydrogen-bond acceptors (Lipinski definition) is 3. The van der Waals surface area contributed by atoms with Crippen LogP contribution in [0.1, 0.15) is 31.1 Å². The first-order chi connectivity index (χ1) is 8.52. The highest BCUT2D eigenvalue weighted by Crippen LogP contribution is 2.12. The monoisotopic (exact) mass is 250 g/mol. The van der Waals surface area contributed by atoms with Crippen LogP contribution in [0.4, 0.5) is 5.69 Å². The molecule has 0 heterocycles. The molecule has 0 saturated carbocycles. The zero-order valence-corrected chi connectivity index (χ0v) is 11.5. The van der Waals surface area contributed by atoms with Gasteiger partial charge >= 0.3 is 0 Å². The third-order valence-electron chi connectivity index (χ3n) is 2.37. The first-order valence-corrected chi connectivity index (χ1v) is 6.19. The lowest BCUT2D eigenvalue weighted by atomic mass is 10.1. The molecule has 4 heteroatoms. The second-order valence-electron chi connectivity index (χ2n) is 4.71. The van der Waals surface area contributed by atoms with Crippen molar-refractivity contribution in [2.75, 3.05) is 19.0 Å². The molecule has 0 radical (unpaired) electrons. The normalized spacial score (nSPS) is 12.3. The van der Waals surface area contributed by atoms with Gasteiger partial charge in [-0.2, -0.15) is 0 Å². The molecule has 0 aliphatic heterocycles. The van der Waals surface area contributed by atoms with Crippen LogP contribution in [0.25, 0.3) is 0 Å². The Bertz CT molecular complexity index is 391. The Hall–Kier alpha value is -1.55. The summed E-state index contributed by atoms with van der Waals surface area (Å²) in [7, 11) is 1.67.